The van der Waals surface area contributed by atoms with Crippen LogP contribution in [0.1, 0.15) is 53.0 Å². The molecule has 1 rings (SSSR count). The van der Waals surface area contributed by atoms with Crippen molar-refractivity contribution in [3.05, 3.63) is 29.8 Å². The zero-order valence-corrected chi connectivity index (χ0v) is 20.1. The van der Waals surface area contributed by atoms with E-state index >= 15 is 0 Å². The van der Waals surface area contributed by atoms with Crippen molar-refractivity contribution >= 4 is 29.5 Å². The maximum atomic E-state index is 12.8. The minimum atomic E-state index is -0.843. The number of carbonyl (C=O) groups excluding carboxylic acids is 4. The predicted octanol–water partition coefficient (Wildman–Crippen LogP) is 1.63. The third kappa shape index (κ3) is 10.3. The number of nitrogens with one attached hydrogen (secondary N) is 3. The number of benzene rings is 1. The average Bonchev–Trinajstić information content (AvgIpc) is 2.73. The maximum Gasteiger partial charge on any atom is 0.312 e. The van der Waals surface area contributed by atoms with Gasteiger partial charge >= 0.3 is 12.0 Å². The Kier molecular flexibility index (Phi) is 10.8. The summed E-state index contributed by atoms with van der Waals surface area (Å²) in [6.07, 6.45) is 0.708. The molecule has 7 N–H and O–H groups in total. The van der Waals surface area contributed by atoms with Crippen LogP contribution in [0.2, 0.25) is 0 Å². The molecule has 0 bridgehead atoms. The number of amides is 4. The van der Waals surface area contributed by atoms with E-state index in [4.69, 9.17) is 16.2 Å². The van der Waals surface area contributed by atoms with Crippen LogP contribution in [0.4, 0.5) is 10.5 Å². The first-order valence-corrected chi connectivity index (χ1v) is 11.0. The van der Waals surface area contributed by atoms with Gasteiger partial charge in [-0.2, -0.15) is 0 Å². The van der Waals surface area contributed by atoms with Crippen LogP contribution >= 0.6 is 0 Å². The van der Waals surface area contributed by atoms with Crippen LogP contribution in [0.5, 0.6) is 0 Å². The summed E-state index contributed by atoms with van der Waals surface area (Å²) in [6, 6.07) is 4.60. The topological polar surface area (TPSA) is 166 Å². The molecule has 0 aliphatic rings. The largest absolute Gasteiger partial charge is 0.460 e. The van der Waals surface area contributed by atoms with Crippen molar-refractivity contribution in [2.75, 3.05) is 11.9 Å². The second-order valence-corrected chi connectivity index (χ2v) is 9.28. The normalized spacial score (nSPS) is 13.1. The van der Waals surface area contributed by atoms with Gasteiger partial charge in [0.05, 0.1) is 11.5 Å². The molecule has 0 fully saturated rings. The number of esters is 1. The summed E-state index contributed by atoms with van der Waals surface area (Å²) in [5.74, 6) is -1.23. The van der Waals surface area contributed by atoms with Crippen LogP contribution in [0.3, 0.4) is 0 Å². The van der Waals surface area contributed by atoms with Gasteiger partial charge in [-0.3, -0.25) is 14.4 Å². The van der Waals surface area contributed by atoms with Crippen molar-refractivity contribution in [3.8, 4) is 0 Å². The van der Waals surface area contributed by atoms with Gasteiger partial charge in [-0.1, -0.05) is 26.0 Å². The molecule has 0 spiro atoms. The molecule has 1 aromatic rings. The highest BCUT2D eigenvalue weighted by Gasteiger charge is 2.25. The van der Waals surface area contributed by atoms with Crippen molar-refractivity contribution in [3.63, 3.8) is 0 Å². The molecule has 33 heavy (non-hydrogen) atoms. The molecule has 0 unspecified atom stereocenters. The van der Waals surface area contributed by atoms with E-state index in [1.54, 1.807) is 45.0 Å². The zero-order chi connectivity index (χ0) is 25.2. The molecular weight excluding hydrogens is 426 g/mol. The molecule has 2 atom stereocenters. The van der Waals surface area contributed by atoms with Crippen LogP contribution in [0.25, 0.3) is 0 Å². The van der Waals surface area contributed by atoms with E-state index in [1.807, 2.05) is 13.8 Å². The molecule has 0 aromatic heterocycles. The van der Waals surface area contributed by atoms with Gasteiger partial charge in [0.15, 0.2) is 0 Å². The van der Waals surface area contributed by atoms with E-state index in [-0.39, 0.29) is 31.5 Å². The molecule has 0 aliphatic carbocycles. The summed E-state index contributed by atoms with van der Waals surface area (Å²) in [6.45, 7) is 9.37. The number of nitrogens with two attached hydrogens (primary N) is 2. The highest BCUT2D eigenvalue weighted by atomic mass is 16.5. The molecule has 0 saturated heterocycles. The van der Waals surface area contributed by atoms with E-state index in [0.717, 1.165) is 5.56 Å². The number of hydrogen-bond donors (Lipinski definition) is 5. The Balaban J connectivity index is 2.76. The van der Waals surface area contributed by atoms with Gasteiger partial charge in [-0.15, -0.1) is 0 Å². The molecule has 1 aromatic carbocycles. The lowest BCUT2D eigenvalue weighted by atomic mass is 9.97. The molecule has 4 amide bonds. The number of rotatable bonds is 11. The zero-order valence-electron chi connectivity index (χ0n) is 20.1. The van der Waals surface area contributed by atoms with Crippen LogP contribution in [0.15, 0.2) is 24.3 Å². The summed E-state index contributed by atoms with van der Waals surface area (Å²) in [5, 5.41) is 7.91. The average molecular weight is 464 g/mol. The number of hydrogen-bond acceptors (Lipinski definition) is 6. The van der Waals surface area contributed by atoms with Gasteiger partial charge in [-0.25, -0.2) is 4.79 Å². The van der Waals surface area contributed by atoms with Crippen LogP contribution < -0.4 is 27.4 Å². The van der Waals surface area contributed by atoms with Gasteiger partial charge in [0.25, 0.3) is 0 Å². The highest BCUT2D eigenvalue weighted by molar-refractivity contribution is 5.97. The Morgan fingerprint density at radius 3 is 2.15 bits per heavy atom. The Morgan fingerprint density at radius 1 is 1.03 bits per heavy atom. The fourth-order valence-corrected chi connectivity index (χ4v) is 2.64. The third-order valence-corrected chi connectivity index (χ3v) is 4.83. The van der Waals surface area contributed by atoms with Gasteiger partial charge in [0.2, 0.25) is 11.8 Å². The Bertz CT molecular complexity index is 818. The maximum absolute atomic E-state index is 12.8. The summed E-state index contributed by atoms with van der Waals surface area (Å²) in [7, 11) is 0. The molecule has 0 heterocycles. The minimum Gasteiger partial charge on any atom is -0.460 e. The van der Waals surface area contributed by atoms with E-state index < -0.39 is 35.3 Å². The SMILES string of the molecule is CC(C)[C@@H](N)C(=O)N[C@H](CCCNC(N)=O)C(=O)Nc1ccc(COC(=O)C(C)(C)C)cc1. The van der Waals surface area contributed by atoms with Crippen LogP contribution in [-0.2, 0) is 25.7 Å². The lowest BCUT2D eigenvalue weighted by molar-refractivity contribution is -0.154. The van der Waals surface area contributed by atoms with Crippen molar-refractivity contribution in [1.82, 2.24) is 10.6 Å². The summed E-state index contributed by atoms with van der Waals surface area (Å²) >= 11 is 0. The standard InChI is InChI=1S/C23H37N5O5/c1-14(2)18(24)20(30)28-17(7-6-12-26-22(25)32)19(29)27-16-10-8-15(9-11-16)13-33-21(31)23(3,4)5/h8-11,14,17-18H,6-7,12-13,24H2,1-5H3,(H,27,29)(H,28,30)(H3,25,26,32)/t17-,18-/m1/s1. The van der Waals surface area contributed by atoms with Crippen molar-refractivity contribution < 1.29 is 23.9 Å². The number of carbonyl (C=O) groups is 4. The lowest BCUT2D eigenvalue weighted by Gasteiger charge is -2.22. The summed E-state index contributed by atoms with van der Waals surface area (Å²) < 4.78 is 5.28. The third-order valence-electron chi connectivity index (χ3n) is 4.83. The number of anilines is 1. The van der Waals surface area contributed by atoms with E-state index in [0.29, 0.717) is 12.1 Å². The molecular formula is C23H37N5O5. The van der Waals surface area contributed by atoms with Crippen molar-refractivity contribution in [2.24, 2.45) is 22.8 Å². The van der Waals surface area contributed by atoms with Gasteiger partial charge in [0, 0.05) is 12.2 Å². The fourth-order valence-electron chi connectivity index (χ4n) is 2.64. The highest BCUT2D eigenvalue weighted by Crippen LogP contribution is 2.17. The molecule has 10 nitrogen and oxygen atoms in total. The monoisotopic (exact) mass is 463 g/mol. The van der Waals surface area contributed by atoms with Crippen LogP contribution in [-0.4, -0.2) is 42.4 Å². The van der Waals surface area contributed by atoms with E-state index in [9.17, 15) is 19.2 Å². The second-order valence-electron chi connectivity index (χ2n) is 9.28. The van der Waals surface area contributed by atoms with Gasteiger partial charge < -0.3 is 32.2 Å². The first-order valence-electron chi connectivity index (χ1n) is 11.0. The summed E-state index contributed by atoms with van der Waals surface area (Å²) in [5.41, 5.74) is 11.7. The molecule has 10 heteroatoms. The smallest absolute Gasteiger partial charge is 0.312 e. The number of urea groups is 1. The molecule has 0 radical (unpaired) electrons. The number of primary amides is 1. The molecule has 0 saturated carbocycles. The van der Waals surface area contributed by atoms with Crippen molar-refractivity contribution in [2.45, 2.75) is 66.2 Å². The lowest BCUT2D eigenvalue weighted by Crippen LogP contribution is -2.51. The Labute approximate surface area is 195 Å². The second kappa shape index (κ2) is 12.8. The number of ether oxygens (including phenoxy) is 1. The first-order chi connectivity index (χ1) is 15.3. The first kappa shape index (κ1) is 27.9. The molecule has 0 aliphatic heterocycles. The van der Waals surface area contributed by atoms with Crippen LogP contribution in [0, 0.1) is 11.3 Å². The Hall–Kier alpha value is -3.14. The van der Waals surface area contributed by atoms with E-state index in [1.165, 1.54) is 0 Å². The quantitative estimate of drug-likeness (QED) is 0.247. The summed E-state index contributed by atoms with van der Waals surface area (Å²) in [4.78, 5) is 48.0. The molecule has 184 valence electrons. The van der Waals surface area contributed by atoms with Gasteiger partial charge in [0.1, 0.15) is 12.6 Å². The van der Waals surface area contributed by atoms with E-state index in [2.05, 4.69) is 16.0 Å². The van der Waals surface area contributed by atoms with Gasteiger partial charge in [-0.05, 0) is 57.2 Å². The fraction of sp³-hybridized carbons (Fsp3) is 0.565. The minimum absolute atomic E-state index is 0.0924. The predicted molar refractivity (Wildman–Crippen MR) is 126 cm³/mol. The Morgan fingerprint density at radius 2 is 1.64 bits per heavy atom. The van der Waals surface area contributed by atoms with Crippen molar-refractivity contribution in [1.29, 1.82) is 0 Å².